The maximum atomic E-state index is 12.9. The van der Waals surface area contributed by atoms with E-state index in [1.54, 1.807) is 25.2 Å². The van der Waals surface area contributed by atoms with Crippen LogP contribution in [0.2, 0.25) is 23.2 Å². The molecule has 1 aromatic carbocycles. The molecule has 1 saturated heterocycles. The van der Waals surface area contributed by atoms with Gasteiger partial charge in [-0.15, -0.1) is 0 Å². The number of carboxylic acid groups (broad SMARTS) is 1. The summed E-state index contributed by atoms with van der Waals surface area (Å²) in [5.41, 5.74) is 2.58. The number of rotatable bonds is 12. The first-order valence-electron chi connectivity index (χ1n) is 17.8. The summed E-state index contributed by atoms with van der Waals surface area (Å²) in [4.78, 5) is 37.6. The van der Waals surface area contributed by atoms with Crippen LogP contribution in [0.15, 0.2) is 22.7 Å². The molecule has 1 fully saturated rings. The molecule has 0 aliphatic carbocycles. The van der Waals surface area contributed by atoms with Gasteiger partial charge in [0.05, 0.1) is 53.9 Å². The molecular weight excluding hydrogens is 720 g/mol. The average molecular weight is 775 g/mol. The van der Waals surface area contributed by atoms with Gasteiger partial charge in [-0.2, -0.15) is 0 Å². The quantitative estimate of drug-likeness (QED) is 0.172. The van der Waals surface area contributed by atoms with E-state index in [-0.39, 0.29) is 37.9 Å². The zero-order chi connectivity index (χ0) is 39.5. The summed E-state index contributed by atoms with van der Waals surface area (Å²) in [6, 6.07) is 4.84. The van der Waals surface area contributed by atoms with Crippen molar-refractivity contribution in [1.29, 1.82) is 0 Å². The number of carbonyl (C=O) groups is 2. The van der Waals surface area contributed by atoms with Crippen LogP contribution in [0, 0.1) is 20.8 Å². The fourth-order valence-corrected chi connectivity index (χ4v) is 7.09. The van der Waals surface area contributed by atoms with Crippen molar-refractivity contribution < 1.29 is 37.9 Å². The lowest BCUT2D eigenvalue weighted by atomic mass is 10.0. The van der Waals surface area contributed by atoms with Crippen molar-refractivity contribution in [2.24, 2.45) is 0 Å². The Morgan fingerprint density at radius 3 is 2.45 bits per heavy atom. The number of morpholine rings is 1. The molecule has 2 amide bonds. The summed E-state index contributed by atoms with van der Waals surface area (Å²) in [5, 5.41) is 17.6. The van der Waals surface area contributed by atoms with Crippen molar-refractivity contribution in [2.45, 2.75) is 98.2 Å². The second-order valence-corrected chi connectivity index (χ2v) is 21.1. The van der Waals surface area contributed by atoms with Gasteiger partial charge >= 0.3 is 12.2 Å². The van der Waals surface area contributed by atoms with Crippen LogP contribution in [-0.2, 0) is 13.9 Å². The van der Waals surface area contributed by atoms with Gasteiger partial charge in [0.15, 0.2) is 14.1 Å². The van der Waals surface area contributed by atoms with Gasteiger partial charge < -0.3 is 38.5 Å². The minimum Gasteiger partial charge on any atom is -0.491 e. The zero-order valence-electron chi connectivity index (χ0n) is 33.0. The number of ether oxygens (including phenoxy) is 3. The number of aryl methyl sites for hydroxylation is 2. The van der Waals surface area contributed by atoms with Crippen molar-refractivity contribution >= 4 is 37.9 Å². The molecule has 16 heteroatoms. The summed E-state index contributed by atoms with van der Waals surface area (Å²) in [7, 11) is -0.587. The van der Waals surface area contributed by atoms with Gasteiger partial charge in [0, 0.05) is 31.3 Å². The van der Waals surface area contributed by atoms with E-state index in [1.807, 2.05) is 41.5 Å². The van der Waals surface area contributed by atoms with Crippen LogP contribution in [0.1, 0.15) is 58.6 Å². The molecule has 0 saturated carbocycles. The number of nitrogens with one attached hydrogen (secondary N) is 1. The number of aromatic nitrogens is 3. The van der Waals surface area contributed by atoms with E-state index >= 15 is 0 Å². The van der Waals surface area contributed by atoms with Gasteiger partial charge in [-0.1, -0.05) is 37.5 Å². The number of amides is 2. The number of anilines is 1. The van der Waals surface area contributed by atoms with Gasteiger partial charge in [-0.05, 0) is 77.9 Å². The summed E-state index contributed by atoms with van der Waals surface area (Å²) in [6.07, 6.45) is -1.91. The average Bonchev–Trinajstić information content (AvgIpc) is 3.39. The maximum Gasteiger partial charge on any atom is 0.410 e. The Bertz CT molecular complexity index is 1750. The van der Waals surface area contributed by atoms with Crippen LogP contribution in [-0.4, -0.2) is 115 Å². The van der Waals surface area contributed by atoms with Crippen molar-refractivity contribution in [1.82, 2.24) is 24.9 Å². The maximum absolute atomic E-state index is 12.9. The van der Waals surface area contributed by atoms with Crippen molar-refractivity contribution in [2.75, 3.05) is 51.8 Å². The predicted octanol–water partition coefficient (Wildman–Crippen LogP) is 7.80. The number of hydrogen-bond acceptors (Lipinski definition) is 11. The van der Waals surface area contributed by atoms with Crippen LogP contribution in [0.3, 0.4) is 0 Å². The monoisotopic (exact) mass is 774 g/mol. The summed E-state index contributed by atoms with van der Waals surface area (Å²) in [5.74, 6) is 1.90. The summed E-state index contributed by atoms with van der Waals surface area (Å²) in [6.45, 7) is 23.4. The third-order valence-electron chi connectivity index (χ3n) is 9.46. The van der Waals surface area contributed by atoms with E-state index in [1.165, 1.54) is 9.80 Å². The van der Waals surface area contributed by atoms with E-state index in [9.17, 15) is 14.7 Å². The Morgan fingerprint density at radius 2 is 1.85 bits per heavy atom. The smallest absolute Gasteiger partial charge is 0.410 e. The number of likely N-dealkylation sites (N-methyl/N-ethyl adjacent to an activating group) is 1. The highest BCUT2D eigenvalue weighted by atomic mass is 35.5. The number of nitrogens with zero attached hydrogens (tertiary/aromatic N) is 5. The fourth-order valence-electron chi connectivity index (χ4n) is 5.56. The lowest BCUT2D eigenvalue weighted by Crippen LogP contribution is -2.51. The van der Waals surface area contributed by atoms with E-state index in [4.69, 9.17) is 44.7 Å². The van der Waals surface area contributed by atoms with Crippen LogP contribution in [0.4, 0.5) is 15.4 Å². The molecule has 1 aliphatic rings. The third-order valence-corrected chi connectivity index (χ3v) is 14.3. The number of carbonyl (C=O) groups excluding carboxylic acids is 1. The molecule has 14 nitrogen and oxygen atoms in total. The molecule has 0 spiro atoms. The highest BCUT2D eigenvalue weighted by molar-refractivity contribution is 6.74. The van der Waals surface area contributed by atoms with Crippen LogP contribution in [0.5, 0.6) is 5.75 Å². The molecule has 292 valence electrons. The van der Waals surface area contributed by atoms with E-state index in [0.29, 0.717) is 51.7 Å². The molecule has 4 rings (SSSR count). The molecule has 53 heavy (non-hydrogen) atoms. The first-order valence-corrected chi connectivity index (χ1v) is 21.0. The first-order chi connectivity index (χ1) is 24.6. The topological polar surface area (TPSA) is 162 Å². The normalized spacial score (nSPS) is 15.9. The van der Waals surface area contributed by atoms with Crippen LogP contribution < -0.4 is 10.1 Å². The molecule has 1 unspecified atom stereocenters. The summed E-state index contributed by atoms with van der Waals surface area (Å²) < 4.78 is 29.8. The minimum absolute atomic E-state index is 0.0768. The Morgan fingerprint density at radius 1 is 1.15 bits per heavy atom. The van der Waals surface area contributed by atoms with Gasteiger partial charge in [-0.3, -0.25) is 4.90 Å². The van der Waals surface area contributed by atoms with Crippen molar-refractivity contribution in [3.8, 4) is 28.4 Å². The second kappa shape index (κ2) is 16.6. The Labute approximate surface area is 318 Å². The molecule has 3 aromatic rings. The van der Waals surface area contributed by atoms with Gasteiger partial charge in [0.25, 0.3) is 0 Å². The second-order valence-electron chi connectivity index (χ2n) is 16.0. The van der Waals surface area contributed by atoms with Crippen molar-refractivity contribution in [3.63, 3.8) is 0 Å². The van der Waals surface area contributed by atoms with Gasteiger partial charge in [0.1, 0.15) is 29.5 Å². The highest BCUT2D eigenvalue weighted by Crippen LogP contribution is 2.38. The number of benzene rings is 1. The van der Waals surface area contributed by atoms with Gasteiger partial charge in [0.2, 0.25) is 0 Å². The number of halogens is 1. The number of hydrogen-bond donors (Lipinski definition) is 2. The Balaban J connectivity index is 1.68. The molecule has 3 heterocycles. The minimum atomic E-state index is -2.28. The molecule has 2 aromatic heterocycles. The Hall–Kier alpha value is -3.92. The largest absolute Gasteiger partial charge is 0.491 e. The molecular formula is C37H55ClN6O8Si. The molecule has 0 bridgehead atoms. The highest BCUT2D eigenvalue weighted by Gasteiger charge is 2.40. The Kier molecular flexibility index (Phi) is 13.1. The van der Waals surface area contributed by atoms with Crippen LogP contribution in [0.25, 0.3) is 22.6 Å². The zero-order valence-corrected chi connectivity index (χ0v) is 34.8. The third kappa shape index (κ3) is 10.6. The van der Waals surface area contributed by atoms with Crippen molar-refractivity contribution in [3.05, 3.63) is 40.2 Å². The molecule has 2 N–H and O–H groups in total. The van der Waals surface area contributed by atoms with E-state index < -0.39 is 38.3 Å². The van der Waals surface area contributed by atoms with Crippen LogP contribution >= 0.6 is 11.6 Å². The predicted molar refractivity (Wildman–Crippen MR) is 206 cm³/mol. The standard InChI is InChI=1S/C37H55ClN6O8Si/c1-22-31(30-23(2)42-51-24(30)3)40-33(41-32(22)39-18-25-20-48-16-15-44(25)34(45)46)28-17-26(13-14-29(28)38)49-21-27(52-53(11,12)37(7,8)9)19-43(10)35(47)50-36(4,5)6/h13-14,17,25,27H,15-16,18-21H2,1-12H3,(H,45,46)(H,39,40,41)/t25?,27-/m1/s1. The SMILES string of the molecule is Cc1noc(C)c1-c1nc(-c2cc(OC[C@@H](CN(C)C(=O)OC(C)(C)C)O[Si](C)(C)C(C)(C)C)ccc2Cl)nc(NCC2COCCN2C(=O)O)c1C. The van der Waals surface area contributed by atoms with E-state index in [2.05, 4.69) is 44.3 Å². The molecule has 1 aliphatic heterocycles. The molecule has 2 atom stereocenters. The lowest BCUT2D eigenvalue weighted by Gasteiger charge is -2.40. The van der Waals surface area contributed by atoms with Gasteiger partial charge in [-0.25, -0.2) is 19.6 Å². The summed E-state index contributed by atoms with van der Waals surface area (Å²) >= 11 is 6.82. The fraction of sp³-hybridized carbons (Fsp3) is 0.595. The lowest BCUT2D eigenvalue weighted by molar-refractivity contribution is 0.00442. The molecule has 0 radical (unpaired) electrons. The first kappa shape index (κ1) is 41.8. The van der Waals surface area contributed by atoms with E-state index in [0.717, 1.165) is 11.1 Å².